The number of amides is 1. The Bertz CT molecular complexity index is 1360. The van der Waals surface area contributed by atoms with Gasteiger partial charge in [-0.1, -0.05) is 18.2 Å². The van der Waals surface area contributed by atoms with E-state index in [4.69, 9.17) is 10.5 Å². The van der Waals surface area contributed by atoms with E-state index in [1.54, 1.807) is 6.07 Å². The fourth-order valence-electron chi connectivity index (χ4n) is 5.54. The van der Waals surface area contributed by atoms with Gasteiger partial charge >= 0.3 is 0 Å². The molecule has 8 heteroatoms. The van der Waals surface area contributed by atoms with Gasteiger partial charge in [0.1, 0.15) is 5.82 Å². The highest BCUT2D eigenvalue weighted by Crippen LogP contribution is 2.36. The summed E-state index contributed by atoms with van der Waals surface area (Å²) in [6.45, 7) is 8.08. The number of pyridine rings is 1. The SMILES string of the molecule is C[C@H]1CN(c2ccc(-c3cc(-c4ccc5c(c4)CCNC5=O)c(N)nc3F)cc2CN2CCC2)CCO1. The minimum absolute atomic E-state index is 0.0665. The lowest BCUT2D eigenvalue weighted by Crippen LogP contribution is -2.42. The van der Waals surface area contributed by atoms with E-state index in [0.29, 0.717) is 29.8 Å². The molecule has 1 aromatic heterocycles. The number of rotatable bonds is 5. The van der Waals surface area contributed by atoms with E-state index in [1.807, 2.05) is 24.3 Å². The molecule has 192 valence electrons. The first-order valence-electron chi connectivity index (χ1n) is 13.1. The zero-order chi connectivity index (χ0) is 25.5. The first-order valence-corrected chi connectivity index (χ1v) is 13.1. The van der Waals surface area contributed by atoms with Gasteiger partial charge in [-0.05, 0) is 79.4 Å². The predicted molar refractivity (Wildman–Crippen MR) is 143 cm³/mol. The van der Waals surface area contributed by atoms with Crippen LogP contribution in [0.2, 0.25) is 0 Å². The van der Waals surface area contributed by atoms with E-state index in [1.165, 1.54) is 17.7 Å². The Morgan fingerprint density at radius 2 is 1.89 bits per heavy atom. The molecule has 0 spiro atoms. The number of aromatic nitrogens is 1. The van der Waals surface area contributed by atoms with Crippen LogP contribution in [0, 0.1) is 5.95 Å². The van der Waals surface area contributed by atoms with Crippen LogP contribution < -0.4 is 16.0 Å². The first-order chi connectivity index (χ1) is 18.0. The van der Waals surface area contributed by atoms with Gasteiger partial charge in [0.05, 0.1) is 12.7 Å². The third-order valence-corrected chi connectivity index (χ3v) is 7.66. The molecule has 37 heavy (non-hydrogen) atoms. The number of anilines is 2. The number of hydrogen-bond acceptors (Lipinski definition) is 6. The molecule has 0 aliphatic carbocycles. The van der Waals surface area contributed by atoms with Gasteiger partial charge < -0.3 is 20.7 Å². The van der Waals surface area contributed by atoms with E-state index >= 15 is 4.39 Å². The number of likely N-dealkylation sites (tertiary alicyclic amines) is 1. The van der Waals surface area contributed by atoms with E-state index in [9.17, 15) is 4.79 Å². The zero-order valence-electron chi connectivity index (χ0n) is 21.1. The number of ether oxygens (including phenoxy) is 1. The molecule has 0 unspecified atom stereocenters. The van der Waals surface area contributed by atoms with Gasteiger partial charge in [0, 0.05) is 48.6 Å². The maximum Gasteiger partial charge on any atom is 0.251 e. The van der Waals surface area contributed by atoms with Gasteiger partial charge in [-0.15, -0.1) is 0 Å². The molecule has 1 atom stereocenters. The predicted octanol–water partition coefficient (Wildman–Crippen LogP) is 3.85. The highest BCUT2D eigenvalue weighted by atomic mass is 19.1. The molecular formula is C29H32FN5O2. The van der Waals surface area contributed by atoms with E-state index in [0.717, 1.165) is 55.8 Å². The van der Waals surface area contributed by atoms with Crippen LogP contribution in [0.4, 0.5) is 15.9 Å². The Morgan fingerprint density at radius 3 is 2.68 bits per heavy atom. The molecule has 3 aromatic rings. The summed E-state index contributed by atoms with van der Waals surface area (Å²) in [6, 6.07) is 13.6. The fourth-order valence-corrected chi connectivity index (χ4v) is 5.54. The second-order valence-electron chi connectivity index (χ2n) is 10.2. The molecule has 0 bridgehead atoms. The number of benzene rings is 2. The normalized spacial score (nSPS) is 19.8. The number of nitrogens with two attached hydrogens (primary N) is 1. The van der Waals surface area contributed by atoms with Gasteiger partial charge in [0.25, 0.3) is 5.91 Å². The number of nitrogens with zero attached hydrogens (tertiary/aromatic N) is 3. The largest absolute Gasteiger partial charge is 0.383 e. The molecule has 2 saturated heterocycles. The number of nitrogens with one attached hydrogen (secondary N) is 1. The summed E-state index contributed by atoms with van der Waals surface area (Å²) in [5, 5.41) is 2.87. The number of carbonyl (C=O) groups is 1. The summed E-state index contributed by atoms with van der Waals surface area (Å²) >= 11 is 0. The lowest BCUT2D eigenvalue weighted by molar-refractivity contribution is 0.0531. The van der Waals surface area contributed by atoms with Crippen LogP contribution in [0.5, 0.6) is 0 Å². The highest BCUT2D eigenvalue weighted by Gasteiger charge is 2.24. The zero-order valence-corrected chi connectivity index (χ0v) is 21.1. The molecule has 4 heterocycles. The number of halogens is 1. The van der Waals surface area contributed by atoms with Crippen molar-refractivity contribution in [3.8, 4) is 22.3 Å². The summed E-state index contributed by atoms with van der Waals surface area (Å²) in [5.41, 5.74) is 12.9. The van der Waals surface area contributed by atoms with Crippen molar-refractivity contribution in [1.29, 1.82) is 0 Å². The molecule has 0 saturated carbocycles. The van der Waals surface area contributed by atoms with Crippen molar-refractivity contribution in [2.75, 3.05) is 50.0 Å². The van der Waals surface area contributed by atoms with E-state index in [2.05, 4.69) is 39.2 Å². The summed E-state index contributed by atoms with van der Waals surface area (Å²) in [4.78, 5) is 21.0. The first kappa shape index (κ1) is 23.9. The van der Waals surface area contributed by atoms with Crippen molar-refractivity contribution < 1.29 is 13.9 Å². The standard InChI is InChI=1S/C29H32FN5O2/c1-18-16-35(11-12-37-18)26-6-4-19(14-22(26)17-34-9-2-10-34)24-15-25(28(31)33-27(24)30)20-3-5-23-21(13-20)7-8-32-29(23)36/h3-6,13-15,18H,2,7-12,16-17H2,1H3,(H2,31,33)(H,32,36)/t18-/m0/s1. The molecule has 3 aliphatic heterocycles. The van der Waals surface area contributed by atoms with Crippen molar-refractivity contribution >= 4 is 17.4 Å². The van der Waals surface area contributed by atoms with Gasteiger partial charge in [-0.3, -0.25) is 9.69 Å². The van der Waals surface area contributed by atoms with Crippen molar-refractivity contribution in [2.45, 2.75) is 32.4 Å². The molecule has 2 aromatic carbocycles. The van der Waals surface area contributed by atoms with E-state index in [-0.39, 0.29) is 17.8 Å². The molecule has 6 rings (SSSR count). The third-order valence-electron chi connectivity index (χ3n) is 7.66. The molecule has 3 N–H and O–H groups in total. The number of nitrogen functional groups attached to an aromatic ring is 1. The van der Waals surface area contributed by atoms with Crippen LogP contribution in [0.25, 0.3) is 22.3 Å². The minimum atomic E-state index is -0.582. The number of hydrogen-bond donors (Lipinski definition) is 2. The quantitative estimate of drug-likeness (QED) is 0.517. The van der Waals surface area contributed by atoms with Crippen LogP contribution >= 0.6 is 0 Å². The van der Waals surface area contributed by atoms with Crippen LogP contribution in [0.3, 0.4) is 0 Å². The Kier molecular flexibility index (Phi) is 6.30. The molecular weight excluding hydrogens is 469 g/mol. The number of morpholine rings is 1. The van der Waals surface area contributed by atoms with E-state index < -0.39 is 5.95 Å². The van der Waals surface area contributed by atoms with Gasteiger partial charge in [-0.25, -0.2) is 4.98 Å². The minimum Gasteiger partial charge on any atom is -0.383 e. The Hall–Kier alpha value is -3.49. The van der Waals surface area contributed by atoms with Crippen LogP contribution in [-0.4, -0.2) is 61.2 Å². The van der Waals surface area contributed by atoms with Gasteiger partial charge in [0.15, 0.2) is 0 Å². The van der Waals surface area contributed by atoms with Gasteiger partial charge in [-0.2, -0.15) is 4.39 Å². The maximum absolute atomic E-state index is 15.3. The van der Waals surface area contributed by atoms with Crippen molar-refractivity contribution in [3.05, 3.63) is 65.1 Å². The monoisotopic (exact) mass is 501 g/mol. The topological polar surface area (TPSA) is 83.7 Å². The lowest BCUT2D eigenvalue weighted by Gasteiger charge is -2.36. The molecule has 3 aliphatic rings. The van der Waals surface area contributed by atoms with Crippen molar-refractivity contribution in [1.82, 2.24) is 15.2 Å². The molecule has 2 fully saturated rings. The molecule has 7 nitrogen and oxygen atoms in total. The number of fused-ring (bicyclic) bond motifs is 1. The fraction of sp³-hybridized carbons (Fsp3) is 0.379. The Morgan fingerprint density at radius 1 is 1.08 bits per heavy atom. The summed E-state index contributed by atoms with van der Waals surface area (Å²) in [5.74, 6) is -0.509. The second kappa shape index (κ2) is 9.76. The van der Waals surface area contributed by atoms with Crippen molar-refractivity contribution in [2.24, 2.45) is 0 Å². The van der Waals surface area contributed by atoms with Crippen LogP contribution in [0.1, 0.15) is 34.8 Å². The van der Waals surface area contributed by atoms with Crippen LogP contribution in [-0.2, 0) is 17.7 Å². The van der Waals surface area contributed by atoms with Crippen LogP contribution in [0.15, 0.2) is 42.5 Å². The third kappa shape index (κ3) is 4.67. The summed E-state index contributed by atoms with van der Waals surface area (Å²) in [7, 11) is 0. The molecule has 1 amide bonds. The lowest BCUT2D eigenvalue weighted by atomic mass is 9.93. The smallest absolute Gasteiger partial charge is 0.251 e. The highest BCUT2D eigenvalue weighted by molar-refractivity contribution is 5.97. The van der Waals surface area contributed by atoms with Crippen molar-refractivity contribution in [3.63, 3.8) is 0 Å². The maximum atomic E-state index is 15.3. The average molecular weight is 502 g/mol. The Labute approximate surface area is 216 Å². The second-order valence-corrected chi connectivity index (χ2v) is 10.2. The number of carbonyl (C=O) groups excluding carboxylic acids is 1. The average Bonchev–Trinajstić information content (AvgIpc) is 2.86. The van der Waals surface area contributed by atoms with Gasteiger partial charge in [0.2, 0.25) is 5.95 Å². The summed E-state index contributed by atoms with van der Waals surface area (Å²) in [6.07, 6.45) is 2.14. The Balaban J connectivity index is 1.39. The summed E-state index contributed by atoms with van der Waals surface area (Å²) < 4.78 is 21.0. The molecule has 0 radical (unpaired) electrons.